The van der Waals surface area contributed by atoms with Crippen molar-refractivity contribution in [2.75, 3.05) is 20.8 Å². The molecule has 1 aromatic rings. The fourth-order valence-corrected chi connectivity index (χ4v) is 4.31. The Morgan fingerprint density at radius 2 is 2.04 bits per heavy atom. The van der Waals surface area contributed by atoms with E-state index in [-0.39, 0.29) is 16.2 Å². The number of hydrogen-bond donors (Lipinski definition) is 2. The minimum Gasteiger partial charge on any atom is -0.495 e. The quantitative estimate of drug-likeness (QED) is 0.744. The molecule has 0 saturated heterocycles. The molecule has 7 nitrogen and oxygen atoms in total. The number of methoxy groups -OCH3 is 2. The number of aromatic carboxylic acids is 1. The van der Waals surface area contributed by atoms with E-state index in [1.54, 1.807) is 7.11 Å². The van der Waals surface area contributed by atoms with E-state index in [0.717, 1.165) is 19.3 Å². The molecule has 0 aromatic heterocycles. The molecule has 1 aliphatic carbocycles. The van der Waals surface area contributed by atoms with Gasteiger partial charge in [0.15, 0.2) is 0 Å². The number of carboxylic acid groups (broad SMARTS) is 1. The summed E-state index contributed by atoms with van der Waals surface area (Å²) in [5, 5.41) is 8.99. The van der Waals surface area contributed by atoms with Crippen LogP contribution < -0.4 is 9.46 Å². The van der Waals surface area contributed by atoms with Crippen LogP contribution in [0.3, 0.4) is 0 Å². The van der Waals surface area contributed by atoms with Gasteiger partial charge in [-0.3, -0.25) is 0 Å². The van der Waals surface area contributed by atoms with E-state index in [2.05, 4.69) is 4.72 Å². The second kappa shape index (κ2) is 6.86. The van der Waals surface area contributed by atoms with Gasteiger partial charge in [0.25, 0.3) is 0 Å². The van der Waals surface area contributed by atoms with E-state index in [1.165, 1.54) is 25.3 Å². The summed E-state index contributed by atoms with van der Waals surface area (Å²) >= 11 is 0. The summed E-state index contributed by atoms with van der Waals surface area (Å²) < 4.78 is 38.2. The van der Waals surface area contributed by atoms with Crippen molar-refractivity contribution < 1.29 is 27.8 Å². The summed E-state index contributed by atoms with van der Waals surface area (Å²) in [6, 6.07) is 3.72. The summed E-state index contributed by atoms with van der Waals surface area (Å²) in [5.41, 5.74) is -0.524. The maximum Gasteiger partial charge on any atom is 0.335 e. The Morgan fingerprint density at radius 3 is 2.52 bits per heavy atom. The summed E-state index contributed by atoms with van der Waals surface area (Å²) in [6.45, 7) is 0.470. The van der Waals surface area contributed by atoms with E-state index in [1.807, 2.05) is 0 Å². The summed E-state index contributed by atoms with van der Waals surface area (Å²) in [7, 11) is -0.930. The van der Waals surface area contributed by atoms with E-state index >= 15 is 0 Å². The molecule has 128 valence electrons. The van der Waals surface area contributed by atoms with E-state index in [0.29, 0.717) is 13.0 Å². The Balaban J connectivity index is 2.30. The first-order chi connectivity index (χ1) is 10.8. The van der Waals surface area contributed by atoms with Crippen molar-refractivity contribution in [3.63, 3.8) is 0 Å². The van der Waals surface area contributed by atoms with Crippen LogP contribution in [0.2, 0.25) is 0 Å². The van der Waals surface area contributed by atoms with Crippen LogP contribution in [0.25, 0.3) is 0 Å². The third-order valence-corrected chi connectivity index (χ3v) is 5.76. The smallest absolute Gasteiger partial charge is 0.335 e. The van der Waals surface area contributed by atoms with Gasteiger partial charge in [0.1, 0.15) is 10.6 Å². The molecule has 1 aromatic carbocycles. The van der Waals surface area contributed by atoms with Crippen molar-refractivity contribution >= 4 is 16.0 Å². The second-order valence-electron chi connectivity index (χ2n) is 5.65. The maximum absolute atomic E-state index is 12.7. The summed E-state index contributed by atoms with van der Waals surface area (Å²) in [4.78, 5) is 10.9. The van der Waals surface area contributed by atoms with Crippen LogP contribution in [-0.2, 0) is 14.8 Å². The van der Waals surface area contributed by atoms with E-state index in [9.17, 15) is 13.2 Å². The molecule has 1 aliphatic rings. The first-order valence-electron chi connectivity index (χ1n) is 7.28. The highest BCUT2D eigenvalue weighted by atomic mass is 32.2. The fraction of sp³-hybridized carbons (Fsp3) is 0.533. The van der Waals surface area contributed by atoms with Crippen LogP contribution in [0.15, 0.2) is 23.1 Å². The monoisotopic (exact) mass is 343 g/mol. The van der Waals surface area contributed by atoms with Gasteiger partial charge in [0, 0.05) is 19.3 Å². The summed E-state index contributed by atoms with van der Waals surface area (Å²) in [6.07, 6.45) is 3.07. The molecule has 8 heteroatoms. The zero-order chi connectivity index (χ0) is 17.1. The zero-order valence-corrected chi connectivity index (χ0v) is 14.0. The van der Waals surface area contributed by atoms with Gasteiger partial charge in [0.05, 0.1) is 12.7 Å². The molecule has 1 fully saturated rings. The van der Waals surface area contributed by atoms with Gasteiger partial charge in [-0.2, -0.15) is 0 Å². The summed E-state index contributed by atoms with van der Waals surface area (Å²) in [5.74, 6) is -1.13. The predicted molar refractivity (Wildman–Crippen MR) is 83.3 cm³/mol. The van der Waals surface area contributed by atoms with Crippen LogP contribution in [0.5, 0.6) is 5.75 Å². The third-order valence-electron chi connectivity index (χ3n) is 4.15. The molecule has 0 spiro atoms. The average molecular weight is 343 g/mol. The number of hydrogen-bond acceptors (Lipinski definition) is 5. The highest BCUT2D eigenvalue weighted by molar-refractivity contribution is 7.89. The number of benzene rings is 1. The molecule has 0 aliphatic heterocycles. The van der Waals surface area contributed by atoms with Crippen molar-refractivity contribution in [1.82, 2.24) is 4.72 Å². The van der Waals surface area contributed by atoms with Crippen molar-refractivity contribution in [1.29, 1.82) is 0 Å². The van der Waals surface area contributed by atoms with Crippen molar-refractivity contribution in [3.05, 3.63) is 23.8 Å². The van der Waals surface area contributed by atoms with Crippen LogP contribution >= 0.6 is 0 Å². The highest BCUT2D eigenvalue weighted by Gasteiger charge is 2.41. The number of nitrogens with one attached hydrogen (secondary N) is 1. The van der Waals surface area contributed by atoms with Crippen LogP contribution in [0.1, 0.15) is 36.0 Å². The molecule has 2 N–H and O–H groups in total. The number of sulfonamides is 1. The van der Waals surface area contributed by atoms with Crippen LogP contribution in [0, 0.1) is 0 Å². The number of rotatable bonds is 8. The zero-order valence-electron chi connectivity index (χ0n) is 13.2. The average Bonchev–Trinajstić information content (AvgIpc) is 2.49. The second-order valence-corrected chi connectivity index (χ2v) is 7.30. The Hall–Kier alpha value is -1.64. The van der Waals surface area contributed by atoms with Crippen molar-refractivity contribution in [3.8, 4) is 5.75 Å². The molecule has 1 saturated carbocycles. The van der Waals surface area contributed by atoms with Gasteiger partial charge >= 0.3 is 5.97 Å². The Morgan fingerprint density at radius 1 is 1.35 bits per heavy atom. The lowest BCUT2D eigenvalue weighted by Gasteiger charge is -2.42. The molecule has 2 rings (SSSR count). The predicted octanol–water partition coefficient (Wildman–Crippen LogP) is 1.63. The van der Waals surface area contributed by atoms with E-state index in [4.69, 9.17) is 14.6 Å². The molecule has 0 unspecified atom stereocenters. The van der Waals surface area contributed by atoms with Gasteiger partial charge in [-0.1, -0.05) is 0 Å². The number of carbonyl (C=O) groups is 1. The minimum absolute atomic E-state index is 0.0126. The Bertz CT molecular complexity index is 681. The lowest BCUT2D eigenvalue weighted by Crippen LogP contribution is -2.53. The first kappa shape index (κ1) is 17.7. The first-order valence-corrected chi connectivity index (χ1v) is 8.76. The third kappa shape index (κ3) is 3.82. The van der Waals surface area contributed by atoms with Gasteiger partial charge in [-0.25, -0.2) is 17.9 Å². The van der Waals surface area contributed by atoms with Crippen LogP contribution in [0.4, 0.5) is 0 Å². The Kier molecular flexibility index (Phi) is 5.28. The van der Waals surface area contributed by atoms with Gasteiger partial charge in [-0.05, 0) is 43.9 Å². The molecule has 0 amide bonds. The topological polar surface area (TPSA) is 102 Å². The maximum atomic E-state index is 12.7. The molecular formula is C15H21NO6S. The Labute approximate surface area is 135 Å². The number of carboxylic acids is 1. The van der Waals surface area contributed by atoms with E-state index < -0.39 is 21.5 Å². The van der Waals surface area contributed by atoms with Crippen LogP contribution in [-0.4, -0.2) is 45.9 Å². The van der Waals surface area contributed by atoms with Gasteiger partial charge in [-0.15, -0.1) is 0 Å². The molecule has 0 radical (unpaired) electrons. The van der Waals surface area contributed by atoms with Gasteiger partial charge < -0.3 is 14.6 Å². The molecule has 0 bridgehead atoms. The minimum atomic E-state index is -3.82. The fourth-order valence-electron chi connectivity index (χ4n) is 2.67. The number of ether oxygens (including phenoxy) is 2. The highest BCUT2D eigenvalue weighted by Crippen LogP contribution is 2.37. The molecule has 0 atom stereocenters. The molecule has 0 heterocycles. The molecular weight excluding hydrogens is 322 g/mol. The largest absolute Gasteiger partial charge is 0.495 e. The lowest BCUT2D eigenvalue weighted by atomic mass is 9.75. The van der Waals surface area contributed by atoms with Crippen molar-refractivity contribution in [2.24, 2.45) is 0 Å². The van der Waals surface area contributed by atoms with Crippen molar-refractivity contribution in [2.45, 2.75) is 36.1 Å². The normalized spacial score (nSPS) is 16.6. The lowest BCUT2D eigenvalue weighted by molar-refractivity contribution is 0.0696. The van der Waals surface area contributed by atoms with Gasteiger partial charge in [0.2, 0.25) is 10.0 Å². The SMILES string of the molecule is COCCC1(NS(=O)(=O)c2ccc(C(=O)O)cc2OC)CCC1. The standard InChI is InChI=1S/C15H21NO6S/c1-21-9-8-15(6-3-7-15)16-23(19,20)13-5-4-11(14(17)18)10-12(13)22-2/h4-5,10,16H,3,6-9H2,1-2H3,(H,17,18). The molecule has 23 heavy (non-hydrogen) atoms.